The Morgan fingerprint density at radius 1 is 1.22 bits per heavy atom. The Bertz CT molecular complexity index is 196. The molecule has 0 bridgehead atoms. The third-order valence-corrected chi connectivity index (χ3v) is 2.59. The Labute approximate surface area is 64.8 Å². The van der Waals surface area contributed by atoms with Crippen molar-refractivity contribution in [2.75, 3.05) is 0 Å². The van der Waals surface area contributed by atoms with Gasteiger partial charge in [0.2, 0.25) is 0 Å². The Morgan fingerprint density at radius 3 is 2.33 bits per heavy atom. The molecule has 0 fully saturated rings. The van der Waals surface area contributed by atoms with Gasteiger partial charge in [-0.3, -0.25) is 0 Å². The van der Waals surface area contributed by atoms with Gasteiger partial charge in [-0.1, -0.05) is 0 Å². The number of hydrogen-bond acceptors (Lipinski definition) is 0. The summed E-state index contributed by atoms with van der Waals surface area (Å²) in [6.07, 6.45) is 0. The van der Waals surface area contributed by atoms with Crippen molar-refractivity contribution in [1.82, 2.24) is 0 Å². The van der Waals surface area contributed by atoms with Gasteiger partial charge in [-0.2, -0.15) is 0 Å². The molecule has 9 heavy (non-hydrogen) atoms. The van der Waals surface area contributed by atoms with Crippen molar-refractivity contribution in [1.29, 1.82) is 0 Å². The van der Waals surface area contributed by atoms with Crippen LogP contribution in [0.1, 0.15) is 11.1 Å². The van der Waals surface area contributed by atoms with Crippen LogP contribution in [0.4, 0.5) is 0 Å². The van der Waals surface area contributed by atoms with E-state index in [2.05, 4.69) is 48.9 Å². The molecule has 1 rings (SSSR count). The second-order valence-electron chi connectivity index (χ2n) is 2.22. The van der Waals surface area contributed by atoms with Gasteiger partial charge in [0.05, 0.1) is 0 Å². The van der Waals surface area contributed by atoms with Gasteiger partial charge < -0.3 is 0 Å². The van der Waals surface area contributed by atoms with Crippen molar-refractivity contribution < 1.29 is 0 Å². The van der Waals surface area contributed by atoms with Gasteiger partial charge in [0, 0.05) is 0 Å². The number of hydrogen-bond donors (Lipinski definition) is 0. The van der Waals surface area contributed by atoms with Crippen LogP contribution in [0.2, 0.25) is 0 Å². The minimum atomic E-state index is 1.32. The van der Waals surface area contributed by atoms with Crippen molar-refractivity contribution in [3.63, 3.8) is 0 Å². The monoisotopic (exact) mass is 180 g/mol. The first-order chi connectivity index (χ1) is 4.22. The molecule has 0 N–H and O–H groups in total. The Kier molecular flexibility index (Phi) is 1.97. The number of rotatable bonds is 0. The maximum absolute atomic E-state index is 2.58. The molecule has 0 unspecified atom stereocenters. The quantitative estimate of drug-likeness (QED) is 0.524. The van der Waals surface area contributed by atoms with E-state index in [1.165, 1.54) is 15.5 Å². The summed E-state index contributed by atoms with van der Waals surface area (Å²) in [4.78, 5) is 0. The average Bonchev–Trinajstić information content (AvgIpc) is 1.83. The van der Waals surface area contributed by atoms with Crippen LogP contribution in [-0.4, -0.2) is 16.9 Å². The van der Waals surface area contributed by atoms with E-state index in [4.69, 9.17) is 0 Å². The predicted octanol–water partition coefficient (Wildman–Crippen LogP) is 1.10. The number of benzene rings is 1. The normalized spacial score (nSPS) is 9.67. The Balaban J connectivity index is 3.25. The van der Waals surface area contributed by atoms with E-state index in [9.17, 15) is 0 Å². The molecule has 1 heteroatoms. The third-order valence-electron chi connectivity index (χ3n) is 1.58. The van der Waals surface area contributed by atoms with E-state index >= 15 is 0 Å². The van der Waals surface area contributed by atoms with Crippen LogP contribution < -0.4 is 4.35 Å². The first kappa shape index (κ1) is 6.89. The first-order valence-electron chi connectivity index (χ1n) is 2.97. The van der Waals surface area contributed by atoms with Crippen LogP contribution >= 0.6 is 0 Å². The minimum absolute atomic E-state index is 1.32. The summed E-state index contributed by atoms with van der Waals surface area (Å²) in [5.41, 5.74) is 2.76. The molecule has 1 aromatic carbocycles. The van der Waals surface area contributed by atoms with E-state index in [1.807, 2.05) is 0 Å². The van der Waals surface area contributed by atoms with Gasteiger partial charge in [-0.05, 0) is 0 Å². The molecule has 2 radical (unpaired) electrons. The maximum atomic E-state index is 2.58. The molecule has 0 saturated heterocycles. The van der Waals surface area contributed by atoms with E-state index in [-0.39, 0.29) is 0 Å². The summed E-state index contributed by atoms with van der Waals surface area (Å²) in [6.45, 7) is 4.27. The fourth-order valence-corrected chi connectivity index (χ4v) is 1.29. The Morgan fingerprint density at radius 2 is 1.89 bits per heavy atom. The molecule has 0 saturated carbocycles. The van der Waals surface area contributed by atoms with Crippen molar-refractivity contribution in [2.45, 2.75) is 13.8 Å². The fraction of sp³-hybridized carbons (Fsp3) is 0.250. The SMILES string of the molecule is Cc1cccc([As])c1C. The zero-order valence-electron chi connectivity index (χ0n) is 5.68. The molecule has 1 aromatic rings. The van der Waals surface area contributed by atoms with Crippen LogP contribution in [0, 0.1) is 13.8 Å². The summed E-state index contributed by atoms with van der Waals surface area (Å²) in [6, 6.07) is 6.32. The van der Waals surface area contributed by atoms with Crippen molar-refractivity contribution >= 4 is 21.2 Å². The van der Waals surface area contributed by atoms with Crippen LogP contribution in [-0.2, 0) is 0 Å². The zero-order valence-corrected chi connectivity index (χ0v) is 7.56. The molecule has 0 aliphatic rings. The molecule has 0 aliphatic carbocycles. The molecular formula is C8H9As. The van der Waals surface area contributed by atoms with Gasteiger partial charge in [0.25, 0.3) is 0 Å². The molecular weight excluding hydrogens is 171 g/mol. The predicted molar refractivity (Wildman–Crippen MR) is 41.3 cm³/mol. The second-order valence-corrected chi connectivity index (χ2v) is 3.23. The summed E-state index contributed by atoms with van der Waals surface area (Å²) >= 11 is 2.58. The van der Waals surface area contributed by atoms with Gasteiger partial charge in [-0.15, -0.1) is 0 Å². The Hall–Kier alpha value is -0.222. The van der Waals surface area contributed by atoms with Crippen LogP contribution in [0.15, 0.2) is 18.2 Å². The molecule has 46 valence electrons. The number of aryl methyl sites for hydroxylation is 1. The molecule has 0 heterocycles. The van der Waals surface area contributed by atoms with Crippen molar-refractivity contribution in [3.05, 3.63) is 29.3 Å². The van der Waals surface area contributed by atoms with Crippen molar-refractivity contribution in [3.8, 4) is 0 Å². The second kappa shape index (κ2) is 2.58. The molecule has 0 atom stereocenters. The van der Waals surface area contributed by atoms with Gasteiger partial charge >= 0.3 is 64.4 Å². The molecule has 0 aliphatic heterocycles. The van der Waals surface area contributed by atoms with Gasteiger partial charge in [0.15, 0.2) is 0 Å². The zero-order chi connectivity index (χ0) is 6.85. The van der Waals surface area contributed by atoms with Crippen LogP contribution in [0.3, 0.4) is 0 Å². The average molecular weight is 180 g/mol. The summed E-state index contributed by atoms with van der Waals surface area (Å²) < 4.78 is 1.32. The molecule has 0 aromatic heterocycles. The van der Waals surface area contributed by atoms with E-state index in [1.54, 1.807) is 0 Å². The topological polar surface area (TPSA) is 0 Å². The van der Waals surface area contributed by atoms with Crippen molar-refractivity contribution in [2.24, 2.45) is 0 Å². The summed E-state index contributed by atoms with van der Waals surface area (Å²) in [5, 5.41) is 0. The third kappa shape index (κ3) is 1.37. The molecule has 0 nitrogen and oxygen atoms in total. The van der Waals surface area contributed by atoms with E-state index < -0.39 is 0 Å². The van der Waals surface area contributed by atoms with Gasteiger partial charge in [0.1, 0.15) is 0 Å². The first-order valence-corrected chi connectivity index (χ1v) is 3.91. The van der Waals surface area contributed by atoms with Crippen LogP contribution in [0.5, 0.6) is 0 Å². The molecule has 0 amide bonds. The fourth-order valence-electron chi connectivity index (χ4n) is 0.736. The van der Waals surface area contributed by atoms with E-state index in [0.717, 1.165) is 0 Å². The summed E-state index contributed by atoms with van der Waals surface area (Å²) in [7, 11) is 0. The van der Waals surface area contributed by atoms with Crippen LogP contribution in [0.25, 0.3) is 0 Å². The standard InChI is InChI=1S/C8H9As/c1-6-4-3-5-8(9)7(6)2/h3-5H,1-2H3. The summed E-state index contributed by atoms with van der Waals surface area (Å²) in [5.74, 6) is 0. The van der Waals surface area contributed by atoms with Gasteiger partial charge in [-0.25, -0.2) is 0 Å². The van der Waals surface area contributed by atoms with E-state index in [0.29, 0.717) is 0 Å². The molecule has 0 spiro atoms.